The first-order valence-corrected chi connectivity index (χ1v) is 7.56. The minimum atomic E-state index is -0.516. The summed E-state index contributed by atoms with van der Waals surface area (Å²) in [4.78, 5) is 12.1. The van der Waals surface area contributed by atoms with E-state index in [4.69, 9.17) is 32.7 Å². The third-order valence-corrected chi connectivity index (χ3v) is 3.76. The van der Waals surface area contributed by atoms with Gasteiger partial charge in [-0.2, -0.15) is 0 Å². The van der Waals surface area contributed by atoms with Crippen LogP contribution in [0, 0.1) is 5.82 Å². The number of nitrogens with one attached hydrogen (secondary N) is 1. The SMILES string of the molecule is COc1cc(NC(=O)C=Cc2c(F)cccc2Cl)c(OC)cc1Cl. The van der Waals surface area contributed by atoms with Gasteiger partial charge >= 0.3 is 0 Å². The number of rotatable bonds is 5. The number of anilines is 1. The molecule has 2 rings (SSSR count). The second-order valence-electron chi connectivity index (χ2n) is 4.64. The highest BCUT2D eigenvalue weighted by Crippen LogP contribution is 2.35. The van der Waals surface area contributed by atoms with E-state index in [1.165, 1.54) is 56.7 Å². The highest BCUT2D eigenvalue weighted by molar-refractivity contribution is 6.32. The minimum Gasteiger partial charge on any atom is -0.495 e. The Bertz CT molecular complexity index is 773. The van der Waals surface area contributed by atoms with E-state index in [1.54, 1.807) is 0 Å². The highest BCUT2D eigenvalue weighted by atomic mass is 35.5. The first-order chi connectivity index (χ1) is 11.5. The number of carbonyl (C=O) groups excluding carboxylic acids is 1. The summed E-state index contributed by atoms with van der Waals surface area (Å²) in [6.45, 7) is 0. The lowest BCUT2D eigenvalue weighted by molar-refractivity contribution is -0.111. The molecule has 1 N–H and O–H groups in total. The van der Waals surface area contributed by atoms with Crippen LogP contribution in [0.15, 0.2) is 36.4 Å². The molecule has 0 heterocycles. The van der Waals surface area contributed by atoms with Gasteiger partial charge in [-0.05, 0) is 18.2 Å². The quantitative estimate of drug-likeness (QED) is 0.769. The Kier molecular flexibility index (Phi) is 6.06. The normalized spacial score (nSPS) is 10.7. The third kappa shape index (κ3) is 4.19. The summed E-state index contributed by atoms with van der Waals surface area (Å²) in [6.07, 6.45) is 2.47. The summed E-state index contributed by atoms with van der Waals surface area (Å²) in [6, 6.07) is 7.34. The highest BCUT2D eigenvalue weighted by Gasteiger charge is 2.12. The molecule has 0 aromatic heterocycles. The lowest BCUT2D eigenvalue weighted by Crippen LogP contribution is -2.09. The van der Waals surface area contributed by atoms with Gasteiger partial charge in [0.1, 0.15) is 17.3 Å². The fourth-order valence-electron chi connectivity index (χ4n) is 1.96. The van der Waals surface area contributed by atoms with Crippen molar-refractivity contribution in [3.05, 3.63) is 57.8 Å². The molecule has 0 bridgehead atoms. The van der Waals surface area contributed by atoms with E-state index in [1.807, 2.05) is 0 Å². The van der Waals surface area contributed by atoms with Crippen LogP contribution in [0.4, 0.5) is 10.1 Å². The minimum absolute atomic E-state index is 0.134. The molecule has 0 atom stereocenters. The van der Waals surface area contributed by atoms with Gasteiger partial charge in [-0.25, -0.2) is 4.39 Å². The topological polar surface area (TPSA) is 47.6 Å². The molecule has 0 fully saturated rings. The molecule has 0 aliphatic rings. The molecule has 4 nitrogen and oxygen atoms in total. The smallest absolute Gasteiger partial charge is 0.248 e. The van der Waals surface area contributed by atoms with Crippen LogP contribution >= 0.6 is 23.2 Å². The van der Waals surface area contributed by atoms with E-state index in [0.29, 0.717) is 22.2 Å². The summed E-state index contributed by atoms with van der Waals surface area (Å²) >= 11 is 11.9. The van der Waals surface area contributed by atoms with Crippen molar-refractivity contribution in [2.45, 2.75) is 0 Å². The van der Waals surface area contributed by atoms with Crippen molar-refractivity contribution >= 4 is 40.9 Å². The van der Waals surface area contributed by atoms with E-state index in [2.05, 4.69) is 5.32 Å². The predicted octanol–water partition coefficient (Wildman–Crippen LogP) is 4.80. The molecular weight excluding hydrogens is 356 g/mol. The molecular formula is C17H14Cl2FNO3. The molecule has 0 radical (unpaired) electrons. The molecule has 2 aromatic rings. The Hall–Kier alpha value is -2.24. The van der Waals surface area contributed by atoms with Crippen LogP contribution in [0.5, 0.6) is 11.5 Å². The monoisotopic (exact) mass is 369 g/mol. The number of ether oxygens (including phenoxy) is 2. The largest absolute Gasteiger partial charge is 0.495 e. The van der Waals surface area contributed by atoms with E-state index in [-0.39, 0.29) is 10.6 Å². The number of carbonyl (C=O) groups is 1. The van der Waals surface area contributed by atoms with Crippen molar-refractivity contribution < 1.29 is 18.7 Å². The van der Waals surface area contributed by atoms with Crippen LogP contribution in [-0.4, -0.2) is 20.1 Å². The van der Waals surface area contributed by atoms with Gasteiger partial charge in [-0.3, -0.25) is 4.79 Å². The lowest BCUT2D eigenvalue weighted by atomic mass is 10.2. The standard InChI is InChI=1S/C17H14Cl2FNO3/c1-23-15-9-14(16(24-2)8-12(15)19)21-17(22)7-6-10-11(18)4-3-5-13(10)20/h3-9H,1-2H3,(H,21,22). The van der Waals surface area contributed by atoms with Crippen molar-refractivity contribution in [2.75, 3.05) is 19.5 Å². The fourth-order valence-corrected chi connectivity index (χ4v) is 2.42. The Morgan fingerprint density at radius 1 is 1.12 bits per heavy atom. The van der Waals surface area contributed by atoms with Gasteiger partial charge in [0.2, 0.25) is 5.91 Å². The van der Waals surface area contributed by atoms with Gasteiger partial charge < -0.3 is 14.8 Å². The van der Waals surface area contributed by atoms with Gasteiger partial charge in [0.25, 0.3) is 0 Å². The molecule has 0 aliphatic heterocycles. The molecule has 0 saturated carbocycles. The average Bonchev–Trinajstić information content (AvgIpc) is 2.55. The number of amides is 1. The Balaban J connectivity index is 2.22. The molecule has 1 amide bonds. The summed E-state index contributed by atoms with van der Waals surface area (Å²) in [5.74, 6) is -0.255. The summed E-state index contributed by atoms with van der Waals surface area (Å²) in [7, 11) is 2.90. The Labute approximate surface area is 148 Å². The summed E-state index contributed by atoms with van der Waals surface area (Å²) in [5.41, 5.74) is 0.503. The molecule has 0 unspecified atom stereocenters. The lowest BCUT2D eigenvalue weighted by Gasteiger charge is -2.12. The van der Waals surface area contributed by atoms with Crippen molar-refractivity contribution in [3.63, 3.8) is 0 Å². The maximum Gasteiger partial charge on any atom is 0.248 e. The predicted molar refractivity (Wildman–Crippen MR) is 93.6 cm³/mol. The van der Waals surface area contributed by atoms with Gasteiger partial charge in [0, 0.05) is 23.8 Å². The maximum absolute atomic E-state index is 13.7. The molecule has 0 spiro atoms. The van der Waals surface area contributed by atoms with Crippen molar-refractivity contribution in [1.82, 2.24) is 0 Å². The molecule has 0 saturated heterocycles. The molecule has 2 aromatic carbocycles. The number of hydrogen-bond donors (Lipinski definition) is 1. The Morgan fingerprint density at radius 2 is 1.83 bits per heavy atom. The number of benzene rings is 2. The van der Waals surface area contributed by atoms with Crippen LogP contribution in [0.25, 0.3) is 6.08 Å². The van der Waals surface area contributed by atoms with Gasteiger partial charge in [-0.1, -0.05) is 29.3 Å². The number of methoxy groups -OCH3 is 2. The zero-order chi connectivity index (χ0) is 17.7. The van der Waals surface area contributed by atoms with Gasteiger partial charge in [0.15, 0.2) is 0 Å². The van der Waals surface area contributed by atoms with E-state index in [0.717, 1.165) is 0 Å². The van der Waals surface area contributed by atoms with E-state index < -0.39 is 11.7 Å². The van der Waals surface area contributed by atoms with Crippen LogP contribution in [0.1, 0.15) is 5.56 Å². The van der Waals surface area contributed by atoms with Gasteiger partial charge in [0.05, 0.1) is 30.0 Å². The molecule has 0 aliphatic carbocycles. The van der Waals surface area contributed by atoms with Crippen LogP contribution in [-0.2, 0) is 4.79 Å². The third-order valence-electron chi connectivity index (χ3n) is 3.13. The van der Waals surface area contributed by atoms with E-state index in [9.17, 15) is 9.18 Å². The fraction of sp³-hybridized carbons (Fsp3) is 0.118. The second-order valence-corrected chi connectivity index (χ2v) is 5.46. The van der Waals surface area contributed by atoms with Crippen LogP contribution < -0.4 is 14.8 Å². The second kappa shape index (κ2) is 8.04. The van der Waals surface area contributed by atoms with Crippen LogP contribution in [0.2, 0.25) is 10.0 Å². The van der Waals surface area contributed by atoms with Gasteiger partial charge in [-0.15, -0.1) is 0 Å². The zero-order valence-electron chi connectivity index (χ0n) is 12.9. The first-order valence-electron chi connectivity index (χ1n) is 6.81. The molecule has 24 heavy (non-hydrogen) atoms. The van der Waals surface area contributed by atoms with Crippen LogP contribution in [0.3, 0.4) is 0 Å². The van der Waals surface area contributed by atoms with Crippen molar-refractivity contribution in [1.29, 1.82) is 0 Å². The van der Waals surface area contributed by atoms with Crippen molar-refractivity contribution in [3.8, 4) is 11.5 Å². The number of hydrogen-bond acceptors (Lipinski definition) is 3. The first kappa shape index (κ1) is 18.1. The summed E-state index contributed by atoms with van der Waals surface area (Å²) < 4.78 is 23.9. The summed E-state index contributed by atoms with van der Waals surface area (Å²) in [5, 5.41) is 3.18. The van der Waals surface area contributed by atoms with E-state index >= 15 is 0 Å². The zero-order valence-corrected chi connectivity index (χ0v) is 14.4. The maximum atomic E-state index is 13.7. The van der Waals surface area contributed by atoms with Crippen molar-refractivity contribution in [2.24, 2.45) is 0 Å². The average molecular weight is 370 g/mol. The molecule has 126 valence electrons. The Morgan fingerprint density at radius 3 is 2.46 bits per heavy atom. The molecule has 7 heteroatoms. The number of halogens is 3.